The minimum atomic E-state index is -3.64. The summed E-state index contributed by atoms with van der Waals surface area (Å²) in [6, 6.07) is 4.54. The highest BCUT2D eigenvalue weighted by Gasteiger charge is 2.20. The molecule has 20 heavy (non-hydrogen) atoms. The first-order valence-electron chi connectivity index (χ1n) is 5.97. The molecular weight excluding hydrogens is 323 g/mol. The van der Waals surface area contributed by atoms with Crippen molar-refractivity contribution in [2.75, 3.05) is 20.2 Å². The van der Waals surface area contributed by atoms with E-state index in [1.165, 1.54) is 19.2 Å². The van der Waals surface area contributed by atoms with Gasteiger partial charge in [0.25, 0.3) is 0 Å². The zero-order valence-electron chi connectivity index (χ0n) is 11.6. The largest absolute Gasteiger partial charge is 0.495 e. The van der Waals surface area contributed by atoms with E-state index in [2.05, 4.69) is 10.0 Å². The molecule has 5 nitrogen and oxygen atoms in total. The van der Waals surface area contributed by atoms with Crippen LogP contribution in [0, 0.1) is 0 Å². The number of methoxy groups -OCH3 is 1. The molecule has 0 aliphatic rings. The molecule has 0 saturated heterocycles. The lowest BCUT2D eigenvalue weighted by atomic mass is 10.3. The minimum absolute atomic E-state index is 0. The first-order valence-corrected chi connectivity index (χ1v) is 7.83. The van der Waals surface area contributed by atoms with Gasteiger partial charge in [-0.2, -0.15) is 0 Å². The van der Waals surface area contributed by atoms with Crippen molar-refractivity contribution in [2.45, 2.75) is 24.8 Å². The Kier molecular flexibility index (Phi) is 8.46. The first kappa shape index (κ1) is 19.5. The SMILES string of the molecule is CCN[C@H](C)CNS(=O)(=O)c1cc(Cl)ccc1OC.Cl. The van der Waals surface area contributed by atoms with Gasteiger partial charge in [0.15, 0.2) is 0 Å². The third-order valence-electron chi connectivity index (χ3n) is 2.55. The van der Waals surface area contributed by atoms with Crippen LogP contribution in [0.4, 0.5) is 0 Å². The molecule has 1 aromatic carbocycles. The van der Waals surface area contributed by atoms with Crippen molar-refractivity contribution in [1.82, 2.24) is 10.0 Å². The van der Waals surface area contributed by atoms with E-state index in [1.54, 1.807) is 6.07 Å². The second-order valence-corrected chi connectivity index (χ2v) is 6.28. The molecular formula is C12H20Cl2N2O3S. The molecule has 0 amide bonds. The summed E-state index contributed by atoms with van der Waals surface area (Å²) in [5, 5.41) is 3.47. The summed E-state index contributed by atoms with van der Waals surface area (Å²) in [7, 11) is -2.22. The maximum atomic E-state index is 12.2. The number of ether oxygens (including phenoxy) is 1. The lowest BCUT2D eigenvalue weighted by molar-refractivity contribution is 0.402. The van der Waals surface area contributed by atoms with Crippen LogP contribution in [0.15, 0.2) is 23.1 Å². The van der Waals surface area contributed by atoms with Crippen LogP contribution < -0.4 is 14.8 Å². The van der Waals surface area contributed by atoms with Crippen molar-refractivity contribution in [3.8, 4) is 5.75 Å². The normalized spacial score (nSPS) is 12.6. The zero-order chi connectivity index (χ0) is 14.5. The first-order chi connectivity index (χ1) is 8.90. The summed E-state index contributed by atoms with van der Waals surface area (Å²) in [6.45, 7) is 4.95. The molecule has 1 atom stereocenters. The number of hydrogen-bond donors (Lipinski definition) is 2. The Morgan fingerprint density at radius 3 is 2.60 bits per heavy atom. The summed E-state index contributed by atoms with van der Waals surface area (Å²) >= 11 is 5.83. The Hall–Kier alpha value is -0.530. The van der Waals surface area contributed by atoms with Crippen molar-refractivity contribution in [3.05, 3.63) is 23.2 Å². The van der Waals surface area contributed by atoms with Gasteiger partial charge in [0.1, 0.15) is 10.6 Å². The van der Waals surface area contributed by atoms with Gasteiger partial charge in [-0.3, -0.25) is 0 Å². The van der Waals surface area contributed by atoms with Crippen LogP contribution >= 0.6 is 24.0 Å². The molecule has 0 aliphatic heterocycles. The van der Waals surface area contributed by atoms with Crippen LogP contribution in [0.2, 0.25) is 5.02 Å². The van der Waals surface area contributed by atoms with Gasteiger partial charge in [-0.25, -0.2) is 13.1 Å². The zero-order valence-corrected chi connectivity index (χ0v) is 14.0. The van der Waals surface area contributed by atoms with Crippen molar-refractivity contribution in [2.24, 2.45) is 0 Å². The van der Waals surface area contributed by atoms with E-state index in [4.69, 9.17) is 16.3 Å². The van der Waals surface area contributed by atoms with Crippen LogP contribution in [0.3, 0.4) is 0 Å². The highest BCUT2D eigenvalue weighted by Crippen LogP contribution is 2.26. The molecule has 0 aromatic heterocycles. The molecule has 0 radical (unpaired) electrons. The predicted octanol–water partition coefficient (Wildman–Crippen LogP) is 2.05. The molecule has 0 spiro atoms. The molecule has 116 valence electrons. The maximum Gasteiger partial charge on any atom is 0.244 e. The molecule has 0 aliphatic carbocycles. The minimum Gasteiger partial charge on any atom is -0.495 e. The van der Waals surface area contributed by atoms with Crippen molar-refractivity contribution in [3.63, 3.8) is 0 Å². The Morgan fingerprint density at radius 1 is 1.40 bits per heavy atom. The quantitative estimate of drug-likeness (QED) is 0.795. The molecule has 1 aromatic rings. The van der Waals surface area contributed by atoms with Gasteiger partial charge < -0.3 is 10.1 Å². The summed E-state index contributed by atoms with van der Waals surface area (Å²) in [5.41, 5.74) is 0. The van der Waals surface area contributed by atoms with E-state index in [9.17, 15) is 8.42 Å². The van der Waals surface area contributed by atoms with E-state index >= 15 is 0 Å². The number of nitrogens with one attached hydrogen (secondary N) is 2. The highest BCUT2D eigenvalue weighted by molar-refractivity contribution is 7.89. The van der Waals surface area contributed by atoms with Crippen LogP contribution in [0.25, 0.3) is 0 Å². The van der Waals surface area contributed by atoms with Crippen molar-refractivity contribution >= 4 is 34.0 Å². The smallest absolute Gasteiger partial charge is 0.244 e. The fourth-order valence-electron chi connectivity index (χ4n) is 1.59. The molecule has 0 saturated carbocycles. The van der Waals surface area contributed by atoms with E-state index in [0.717, 1.165) is 6.54 Å². The standard InChI is InChI=1S/C12H19ClN2O3S.ClH/c1-4-14-9(2)8-15-19(16,17)12-7-10(13)5-6-11(12)18-3;/h5-7,9,14-15H,4,8H2,1-3H3;1H/t9-;/m1./s1. The van der Waals surface area contributed by atoms with Gasteiger partial charge in [-0.1, -0.05) is 18.5 Å². The Morgan fingerprint density at radius 2 is 2.05 bits per heavy atom. The highest BCUT2D eigenvalue weighted by atomic mass is 35.5. The van der Waals surface area contributed by atoms with Gasteiger partial charge in [0, 0.05) is 17.6 Å². The topological polar surface area (TPSA) is 67.4 Å². The molecule has 2 N–H and O–H groups in total. The fraction of sp³-hybridized carbons (Fsp3) is 0.500. The molecule has 0 bridgehead atoms. The second-order valence-electron chi connectivity index (χ2n) is 4.11. The fourth-order valence-corrected chi connectivity index (χ4v) is 3.15. The number of halogens is 2. The number of hydrogen-bond acceptors (Lipinski definition) is 4. The van der Waals surface area contributed by atoms with Gasteiger partial charge in [-0.05, 0) is 31.7 Å². The van der Waals surface area contributed by atoms with E-state index in [0.29, 0.717) is 11.6 Å². The summed E-state index contributed by atoms with van der Waals surface area (Å²) < 4.78 is 32.0. The maximum absolute atomic E-state index is 12.2. The number of rotatable bonds is 7. The number of sulfonamides is 1. The van der Waals surface area contributed by atoms with E-state index in [-0.39, 0.29) is 29.1 Å². The van der Waals surface area contributed by atoms with Gasteiger partial charge in [-0.15, -0.1) is 12.4 Å². The van der Waals surface area contributed by atoms with Crippen LogP contribution in [0.5, 0.6) is 5.75 Å². The summed E-state index contributed by atoms with van der Waals surface area (Å²) in [6.07, 6.45) is 0. The molecule has 0 fully saturated rings. The second kappa shape index (κ2) is 8.69. The predicted molar refractivity (Wildman–Crippen MR) is 83.6 cm³/mol. The van der Waals surface area contributed by atoms with E-state index < -0.39 is 10.0 Å². The average Bonchev–Trinajstić information content (AvgIpc) is 2.37. The molecule has 0 heterocycles. The number of benzene rings is 1. The lowest BCUT2D eigenvalue weighted by Crippen LogP contribution is -2.38. The third-order valence-corrected chi connectivity index (χ3v) is 4.23. The molecule has 0 unspecified atom stereocenters. The van der Waals surface area contributed by atoms with E-state index in [1.807, 2.05) is 13.8 Å². The van der Waals surface area contributed by atoms with Crippen molar-refractivity contribution in [1.29, 1.82) is 0 Å². The molecule has 8 heteroatoms. The van der Waals surface area contributed by atoms with Crippen LogP contribution in [-0.2, 0) is 10.0 Å². The number of likely N-dealkylation sites (N-methyl/N-ethyl adjacent to an activating group) is 1. The summed E-state index contributed by atoms with van der Waals surface area (Å²) in [4.78, 5) is 0.0474. The average molecular weight is 343 g/mol. The van der Waals surface area contributed by atoms with Crippen molar-refractivity contribution < 1.29 is 13.2 Å². The summed E-state index contributed by atoms with van der Waals surface area (Å²) in [5.74, 6) is 0.271. The van der Waals surface area contributed by atoms with Gasteiger partial charge in [0.2, 0.25) is 10.0 Å². The van der Waals surface area contributed by atoms with Crippen LogP contribution in [-0.4, -0.2) is 34.7 Å². The Bertz CT molecular complexity index is 523. The molecule has 1 rings (SSSR count). The van der Waals surface area contributed by atoms with Crippen LogP contribution in [0.1, 0.15) is 13.8 Å². The van der Waals surface area contributed by atoms with Gasteiger partial charge >= 0.3 is 0 Å². The third kappa shape index (κ3) is 5.46. The lowest BCUT2D eigenvalue weighted by Gasteiger charge is -2.15. The Balaban J connectivity index is 0.00000361. The van der Waals surface area contributed by atoms with Gasteiger partial charge in [0.05, 0.1) is 7.11 Å². The monoisotopic (exact) mass is 342 g/mol. The Labute approximate surface area is 131 Å².